The third kappa shape index (κ3) is 8.18. The van der Waals surface area contributed by atoms with Gasteiger partial charge in [0.05, 0.1) is 13.2 Å². The number of guanidine groups is 1. The first-order valence-corrected chi connectivity index (χ1v) is 11.6. The molecule has 2 aliphatic heterocycles. The van der Waals surface area contributed by atoms with E-state index in [0.717, 1.165) is 58.4 Å². The van der Waals surface area contributed by atoms with Crippen LogP contribution < -0.4 is 5.32 Å². The lowest BCUT2D eigenvalue weighted by Gasteiger charge is -2.40. The van der Waals surface area contributed by atoms with Gasteiger partial charge < -0.3 is 19.9 Å². The molecular formula is C24H42IN5O. The fourth-order valence-electron chi connectivity index (χ4n) is 4.55. The summed E-state index contributed by atoms with van der Waals surface area (Å²) in [6.45, 7) is 13.9. The van der Waals surface area contributed by atoms with Crippen LogP contribution in [0.25, 0.3) is 0 Å². The molecule has 0 saturated carbocycles. The standard InChI is InChI=1S/C24H41N5O.HI/c1-20(2)23(28-14-12-27(4)13-15-28)16-26-24(25-3)29-11-10-22(17-29)19-30-18-21-8-6-5-7-9-21;/h5-9,20,22-23H,10-19H2,1-4H3,(H,25,26);1H. The second-order valence-corrected chi connectivity index (χ2v) is 9.18. The molecule has 176 valence electrons. The minimum atomic E-state index is 0. The number of nitrogens with one attached hydrogen (secondary N) is 1. The summed E-state index contributed by atoms with van der Waals surface area (Å²) in [5.74, 6) is 2.24. The minimum Gasteiger partial charge on any atom is -0.376 e. The Labute approximate surface area is 206 Å². The number of hydrogen-bond acceptors (Lipinski definition) is 4. The van der Waals surface area contributed by atoms with Crippen LogP contribution in [-0.4, -0.2) is 93.2 Å². The third-order valence-electron chi connectivity index (χ3n) is 6.51. The largest absolute Gasteiger partial charge is 0.376 e. The number of rotatable bonds is 8. The fourth-order valence-corrected chi connectivity index (χ4v) is 4.55. The lowest BCUT2D eigenvalue weighted by atomic mass is 10.0. The summed E-state index contributed by atoms with van der Waals surface area (Å²) in [5, 5.41) is 3.68. The topological polar surface area (TPSA) is 43.3 Å². The Morgan fingerprint density at radius 2 is 1.84 bits per heavy atom. The lowest BCUT2D eigenvalue weighted by molar-refractivity contribution is 0.0886. The van der Waals surface area contributed by atoms with Gasteiger partial charge in [-0.1, -0.05) is 44.2 Å². The van der Waals surface area contributed by atoms with Gasteiger partial charge in [0.15, 0.2) is 5.96 Å². The number of aliphatic imine (C=N–C) groups is 1. The Balaban J connectivity index is 0.00000341. The molecular weight excluding hydrogens is 501 g/mol. The number of halogens is 1. The van der Waals surface area contributed by atoms with Crippen molar-refractivity contribution in [3.8, 4) is 0 Å². The number of likely N-dealkylation sites (N-methyl/N-ethyl adjacent to an activating group) is 1. The van der Waals surface area contributed by atoms with Crippen LogP contribution in [0.3, 0.4) is 0 Å². The van der Waals surface area contributed by atoms with Gasteiger partial charge in [-0.3, -0.25) is 9.89 Å². The lowest BCUT2D eigenvalue weighted by Crippen LogP contribution is -2.55. The van der Waals surface area contributed by atoms with Crippen LogP contribution in [-0.2, 0) is 11.3 Å². The molecule has 1 N–H and O–H groups in total. The fraction of sp³-hybridized carbons (Fsp3) is 0.708. The van der Waals surface area contributed by atoms with Crippen molar-refractivity contribution < 1.29 is 4.74 Å². The number of hydrogen-bond donors (Lipinski definition) is 1. The summed E-state index contributed by atoms with van der Waals surface area (Å²) in [5.41, 5.74) is 1.24. The van der Waals surface area contributed by atoms with Crippen molar-refractivity contribution in [3.05, 3.63) is 35.9 Å². The van der Waals surface area contributed by atoms with Gasteiger partial charge in [-0.15, -0.1) is 24.0 Å². The van der Waals surface area contributed by atoms with E-state index >= 15 is 0 Å². The molecule has 2 aliphatic rings. The molecule has 31 heavy (non-hydrogen) atoms. The summed E-state index contributed by atoms with van der Waals surface area (Å²) >= 11 is 0. The van der Waals surface area contributed by atoms with Gasteiger partial charge in [0, 0.05) is 64.8 Å². The van der Waals surface area contributed by atoms with Crippen LogP contribution in [0.2, 0.25) is 0 Å². The average molecular weight is 544 g/mol. The van der Waals surface area contributed by atoms with E-state index in [9.17, 15) is 0 Å². The molecule has 0 amide bonds. The zero-order valence-electron chi connectivity index (χ0n) is 19.8. The van der Waals surface area contributed by atoms with Crippen LogP contribution in [0.1, 0.15) is 25.8 Å². The second-order valence-electron chi connectivity index (χ2n) is 9.18. The number of likely N-dealkylation sites (tertiary alicyclic amines) is 1. The normalized spacial score (nSPS) is 21.9. The molecule has 2 atom stereocenters. The third-order valence-corrected chi connectivity index (χ3v) is 6.51. The van der Waals surface area contributed by atoms with E-state index < -0.39 is 0 Å². The zero-order valence-corrected chi connectivity index (χ0v) is 22.1. The van der Waals surface area contributed by atoms with Crippen molar-refractivity contribution in [2.24, 2.45) is 16.8 Å². The molecule has 6 nitrogen and oxygen atoms in total. The average Bonchev–Trinajstić information content (AvgIpc) is 3.21. The van der Waals surface area contributed by atoms with Crippen LogP contribution in [0, 0.1) is 11.8 Å². The first kappa shape index (κ1) is 26.4. The highest BCUT2D eigenvalue weighted by Gasteiger charge is 2.28. The van der Waals surface area contributed by atoms with E-state index in [0.29, 0.717) is 24.5 Å². The van der Waals surface area contributed by atoms with E-state index in [1.165, 1.54) is 12.0 Å². The smallest absolute Gasteiger partial charge is 0.193 e. The van der Waals surface area contributed by atoms with E-state index in [-0.39, 0.29) is 24.0 Å². The maximum Gasteiger partial charge on any atom is 0.193 e. The van der Waals surface area contributed by atoms with E-state index in [4.69, 9.17) is 4.74 Å². The summed E-state index contributed by atoms with van der Waals surface area (Å²) in [6.07, 6.45) is 1.17. The Bertz CT molecular complexity index is 649. The summed E-state index contributed by atoms with van der Waals surface area (Å²) in [6, 6.07) is 11.0. The van der Waals surface area contributed by atoms with E-state index in [1.54, 1.807) is 0 Å². The van der Waals surface area contributed by atoms with Gasteiger partial charge in [0.1, 0.15) is 0 Å². The Morgan fingerprint density at radius 1 is 1.13 bits per heavy atom. The molecule has 7 heteroatoms. The predicted molar refractivity (Wildman–Crippen MR) is 140 cm³/mol. The molecule has 3 rings (SSSR count). The molecule has 1 aromatic carbocycles. The van der Waals surface area contributed by atoms with Crippen molar-refractivity contribution in [2.45, 2.75) is 32.9 Å². The van der Waals surface area contributed by atoms with Crippen LogP contribution in [0.4, 0.5) is 0 Å². The Hall–Kier alpha value is -0.900. The van der Waals surface area contributed by atoms with Gasteiger partial charge in [0.2, 0.25) is 0 Å². The van der Waals surface area contributed by atoms with Crippen molar-refractivity contribution in [3.63, 3.8) is 0 Å². The van der Waals surface area contributed by atoms with Crippen LogP contribution in [0.15, 0.2) is 35.3 Å². The summed E-state index contributed by atoms with van der Waals surface area (Å²) in [7, 11) is 4.12. The highest BCUT2D eigenvalue weighted by Crippen LogP contribution is 2.18. The maximum absolute atomic E-state index is 5.99. The SMILES string of the molecule is CN=C(NCC(C(C)C)N1CCN(C)CC1)N1CCC(COCc2ccccc2)C1.I. The summed E-state index contributed by atoms with van der Waals surface area (Å²) in [4.78, 5) is 12.1. The molecule has 2 fully saturated rings. The molecule has 2 heterocycles. The van der Waals surface area contributed by atoms with Gasteiger partial charge in [-0.2, -0.15) is 0 Å². The quantitative estimate of drug-likeness (QED) is 0.311. The van der Waals surface area contributed by atoms with Crippen molar-refractivity contribution in [1.29, 1.82) is 0 Å². The van der Waals surface area contributed by atoms with Gasteiger partial charge in [-0.25, -0.2) is 0 Å². The van der Waals surface area contributed by atoms with Crippen molar-refractivity contribution in [1.82, 2.24) is 20.0 Å². The highest BCUT2D eigenvalue weighted by molar-refractivity contribution is 14.0. The zero-order chi connectivity index (χ0) is 21.3. The molecule has 0 bridgehead atoms. The molecule has 2 unspecified atom stereocenters. The van der Waals surface area contributed by atoms with Crippen LogP contribution >= 0.6 is 24.0 Å². The van der Waals surface area contributed by atoms with Crippen molar-refractivity contribution in [2.75, 3.05) is 66.5 Å². The first-order chi connectivity index (χ1) is 14.6. The molecule has 0 radical (unpaired) electrons. The van der Waals surface area contributed by atoms with Crippen LogP contribution in [0.5, 0.6) is 0 Å². The second kappa shape index (κ2) is 13.6. The number of nitrogens with zero attached hydrogens (tertiary/aromatic N) is 4. The first-order valence-electron chi connectivity index (χ1n) is 11.6. The van der Waals surface area contributed by atoms with Gasteiger partial charge in [-0.05, 0) is 24.9 Å². The number of benzene rings is 1. The molecule has 0 spiro atoms. The molecule has 1 aromatic rings. The summed E-state index contributed by atoms with van der Waals surface area (Å²) < 4.78 is 5.99. The number of ether oxygens (including phenoxy) is 1. The molecule has 2 saturated heterocycles. The van der Waals surface area contributed by atoms with Gasteiger partial charge in [0.25, 0.3) is 0 Å². The molecule has 0 aliphatic carbocycles. The number of piperazine rings is 1. The highest BCUT2D eigenvalue weighted by atomic mass is 127. The Kier molecular flexibility index (Phi) is 11.6. The minimum absolute atomic E-state index is 0. The monoisotopic (exact) mass is 543 g/mol. The Morgan fingerprint density at radius 3 is 2.48 bits per heavy atom. The molecule has 0 aromatic heterocycles. The van der Waals surface area contributed by atoms with E-state index in [1.807, 2.05) is 13.1 Å². The predicted octanol–water partition coefficient (Wildman–Crippen LogP) is 2.99. The van der Waals surface area contributed by atoms with E-state index in [2.05, 4.69) is 70.2 Å². The van der Waals surface area contributed by atoms with Gasteiger partial charge >= 0.3 is 0 Å². The van der Waals surface area contributed by atoms with Crippen molar-refractivity contribution >= 4 is 29.9 Å². The maximum atomic E-state index is 5.99.